The smallest absolute Gasteiger partial charge is 0.0594 e. The van der Waals surface area contributed by atoms with Gasteiger partial charge in [-0.1, -0.05) is 6.42 Å². The third kappa shape index (κ3) is 3.01. The molecule has 2 aliphatic carbocycles. The lowest BCUT2D eigenvalue weighted by atomic mass is 9.95. The molecule has 2 bridgehead atoms. The van der Waals surface area contributed by atoms with E-state index in [1.807, 2.05) is 0 Å². The van der Waals surface area contributed by atoms with Crippen LogP contribution in [0.5, 0.6) is 0 Å². The summed E-state index contributed by atoms with van der Waals surface area (Å²) in [7, 11) is 0. The minimum absolute atomic E-state index is 0.860. The standard InChI is InChI=1S/C14H26N2O/c1(5-16-6-8-17-9-7-16)4-15-14-11-12-2-3-13(14)10-12/h12-15H,1-11H2. The van der Waals surface area contributed by atoms with Crippen LogP contribution in [0.3, 0.4) is 0 Å². The fraction of sp³-hybridized carbons (Fsp3) is 1.00. The predicted molar refractivity (Wildman–Crippen MR) is 69.1 cm³/mol. The average molecular weight is 238 g/mol. The number of morpholine rings is 1. The van der Waals surface area contributed by atoms with E-state index < -0.39 is 0 Å². The number of fused-ring (bicyclic) bond motifs is 2. The maximum Gasteiger partial charge on any atom is 0.0594 e. The van der Waals surface area contributed by atoms with Gasteiger partial charge in [-0.15, -0.1) is 0 Å². The van der Waals surface area contributed by atoms with Crippen molar-refractivity contribution in [2.45, 2.75) is 38.1 Å². The molecule has 0 aromatic rings. The Balaban J connectivity index is 1.28. The molecule has 98 valence electrons. The van der Waals surface area contributed by atoms with E-state index in [0.29, 0.717) is 0 Å². The fourth-order valence-corrected chi connectivity index (χ4v) is 3.91. The van der Waals surface area contributed by atoms with E-state index in [0.717, 1.165) is 44.2 Å². The van der Waals surface area contributed by atoms with Gasteiger partial charge in [0.15, 0.2) is 0 Å². The molecular formula is C14H26N2O. The van der Waals surface area contributed by atoms with Gasteiger partial charge in [-0.05, 0) is 50.6 Å². The van der Waals surface area contributed by atoms with Crippen LogP contribution in [0.4, 0.5) is 0 Å². The molecule has 3 fully saturated rings. The van der Waals surface area contributed by atoms with E-state index >= 15 is 0 Å². The second-order valence-electron chi connectivity index (χ2n) is 6.04. The van der Waals surface area contributed by atoms with Crippen LogP contribution in [0.15, 0.2) is 0 Å². The van der Waals surface area contributed by atoms with Crippen molar-refractivity contribution in [2.24, 2.45) is 11.8 Å². The minimum Gasteiger partial charge on any atom is -0.379 e. The molecule has 0 radical (unpaired) electrons. The van der Waals surface area contributed by atoms with Crippen LogP contribution in [0, 0.1) is 11.8 Å². The molecule has 3 unspecified atom stereocenters. The molecule has 3 nitrogen and oxygen atoms in total. The van der Waals surface area contributed by atoms with E-state index in [4.69, 9.17) is 4.74 Å². The lowest BCUT2D eigenvalue weighted by Gasteiger charge is -2.27. The fourth-order valence-electron chi connectivity index (χ4n) is 3.91. The summed E-state index contributed by atoms with van der Waals surface area (Å²) >= 11 is 0. The maximum atomic E-state index is 5.36. The van der Waals surface area contributed by atoms with Gasteiger partial charge < -0.3 is 10.1 Å². The summed E-state index contributed by atoms with van der Waals surface area (Å²) in [5.74, 6) is 2.08. The topological polar surface area (TPSA) is 24.5 Å². The molecule has 3 aliphatic rings. The monoisotopic (exact) mass is 238 g/mol. The van der Waals surface area contributed by atoms with Gasteiger partial charge in [0.2, 0.25) is 0 Å². The number of rotatable bonds is 5. The Morgan fingerprint density at radius 2 is 2.00 bits per heavy atom. The van der Waals surface area contributed by atoms with Crippen LogP contribution in [-0.4, -0.2) is 50.3 Å². The summed E-state index contributed by atoms with van der Waals surface area (Å²) in [5, 5.41) is 3.79. The summed E-state index contributed by atoms with van der Waals surface area (Å²) in [5.41, 5.74) is 0. The van der Waals surface area contributed by atoms with E-state index in [9.17, 15) is 0 Å². The third-order valence-corrected chi connectivity index (χ3v) is 4.90. The Morgan fingerprint density at radius 3 is 2.71 bits per heavy atom. The highest BCUT2D eigenvalue weighted by atomic mass is 16.5. The van der Waals surface area contributed by atoms with Crippen LogP contribution in [0.1, 0.15) is 32.1 Å². The summed E-state index contributed by atoms with van der Waals surface area (Å²) in [6.07, 6.45) is 7.28. The number of ether oxygens (including phenoxy) is 1. The van der Waals surface area contributed by atoms with Crippen LogP contribution in [-0.2, 0) is 4.74 Å². The molecule has 1 aliphatic heterocycles. The Hall–Kier alpha value is -0.120. The molecule has 3 heteroatoms. The van der Waals surface area contributed by atoms with Gasteiger partial charge in [0.25, 0.3) is 0 Å². The van der Waals surface area contributed by atoms with Crippen LogP contribution in [0.2, 0.25) is 0 Å². The number of hydrogen-bond acceptors (Lipinski definition) is 3. The van der Waals surface area contributed by atoms with Crippen molar-refractivity contribution in [2.75, 3.05) is 39.4 Å². The largest absolute Gasteiger partial charge is 0.379 e. The first-order valence-corrected chi connectivity index (χ1v) is 7.45. The van der Waals surface area contributed by atoms with Crippen LogP contribution in [0.25, 0.3) is 0 Å². The molecule has 0 aromatic carbocycles. The highest BCUT2D eigenvalue weighted by Gasteiger charge is 2.38. The highest BCUT2D eigenvalue weighted by Crippen LogP contribution is 2.44. The number of nitrogens with one attached hydrogen (secondary N) is 1. The number of nitrogens with zero attached hydrogens (tertiary/aromatic N) is 1. The van der Waals surface area contributed by atoms with Crippen LogP contribution >= 0.6 is 0 Å². The third-order valence-electron chi connectivity index (χ3n) is 4.90. The van der Waals surface area contributed by atoms with Crippen molar-refractivity contribution < 1.29 is 4.74 Å². The summed E-state index contributed by atoms with van der Waals surface area (Å²) < 4.78 is 5.36. The summed E-state index contributed by atoms with van der Waals surface area (Å²) in [6, 6.07) is 0.860. The van der Waals surface area contributed by atoms with Crippen molar-refractivity contribution in [1.82, 2.24) is 10.2 Å². The second-order valence-corrected chi connectivity index (χ2v) is 6.04. The first-order chi connectivity index (χ1) is 8.42. The normalized spacial score (nSPS) is 37.8. The molecule has 3 rings (SSSR count). The van der Waals surface area contributed by atoms with E-state index in [1.165, 1.54) is 45.2 Å². The highest BCUT2D eigenvalue weighted by molar-refractivity contribution is 4.93. The molecule has 0 spiro atoms. The maximum absolute atomic E-state index is 5.36. The molecule has 0 amide bonds. The zero-order valence-corrected chi connectivity index (χ0v) is 10.9. The molecule has 17 heavy (non-hydrogen) atoms. The van der Waals surface area contributed by atoms with Crippen molar-refractivity contribution in [3.8, 4) is 0 Å². The number of hydrogen-bond donors (Lipinski definition) is 1. The van der Waals surface area contributed by atoms with Gasteiger partial charge >= 0.3 is 0 Å². The Bertz CT molecular complexity index is 240. The molecule has 1 heterocycles. The molecular weight excluding hydrogens is 212 g/mol. The SMILES string of the molecule is C(CNC1CC2CCC1C2)CN1CCOCC1. The molecule has 3 atom stereocenters. The van der Waals surface area contributed by atoms with E-state index in [2.05, 4.69) is 10.2 Å². The van der Waals surface area contributed by atoms with Gasteiger partial charge in [-0.25, -0.2) is 0 Å². The first kappa shape index (κ1) is 11.9. The zero-order chi connectivity index (χ0) is 11.5. The second kappa shape index (κ2) is 5.68. The van der Waals surface area contributed by atoms with E-state index in [-0.39, 0.29) is 0 Å². The lowest BCUT2D eigenvalue weighted by Crippen LogP contribution is -2.39. The van der Waals surface area contributed by atoms with Gasteiger partial charge in [-0.2, -0.15) is 0 Å². The van der Waals surface area contributed by atoms with Crippen molar-refractivity contribution in [3.63, 3.8) is 0 Å². The predicted octanol–water partition coefficient (Wildman–Crippen LogP) is 1.49. The molecule has 2 saturated carbocycles. The minimum atomic E-state index is 0.860. The van der Waals surface area contributed by atoms with Crippen molar-refractivity contribution >= 4 is 0 Å². The van der Waals surface area contributed by atoms with Crippen molar-refractivity contribution in [3.05, 3.63) is 0 Å². The Kier molecular flexibility index (Phi) is 3.99. The summed E-state index contributed by atoms with van der Waals surface area (Å²) in [4.78, 5) is 2.53. The lowest BCUT2D eigenvalue weighted by molar-refractivity contribution is 0.0373. The quantitative estimate of drug-likeness (QED) is 0.734. The average Bonchev–Trinajstić information content (AvgIpc) is 2.98. The van der Waals surface area contributed by atoms with Crippen molar-refractivity contribution in [1.29, 1.82) is 0 Å². The van der Waals surface area contributed by atoms with Crippen LogP contribution < -0.4 is 5.32 Å². The molecule has 1 N–H and O–H groups in total. The summed E-state index contributed by atoms with van der Waals surface area (Å²) in [6.45, 7) is 6.59. The molecule has 0 aromatic heterocycles. The first-order valence-electron chi connectivity index (χ1n) is 7.45. The molecule has 1 saturated heterocycles. The zero-order valence-electron chi connectivity index (χ0n) is 10.9. The van der Waals surface area contributed by atoms with E-state index in [1.54, 1.807) is 0 Å². The van der Waals surface area contributed by atoms with Gasteiger partial charge in [0.05, 0.1) is 13.2 Å². The Morgan fingerprint density at radius 1 is 1.12 bits per heavy atom. The van der Waals surface area contributed by atoms with Gasteiger partial charge in [-0.3, -0.25) is 4.90 Å². The van der Waals surface area contributed by atoms with Gasteiger partial charge in [0, 0.05) is 19.1 Å². The Labute approximate surface area is 105 Å². The van der Waals surface area contributed by atoms with Gasteiger partial charge in [0.1, 0.15) is 0 Å².